The van der Waals surface area contributed by atoms with E-state index in [-0.39, 0.29) is 12.6 Å². The van der Waals surface area contributed by atoms with Gasteiger partial charge in [-0.25, -0.2) is 4.39 Å². The molecule has 0 amide bonds. The van der Waals surface area contributed by atoms with E-state index >= 15 is 0 Å². The van der Waals surface area contributed by atoms with Crippen molar-refractivity contribution >= 4 is 11.3 Å². The molecule has 4 heteroatoms. The molecule has 0 bridgehead atoms. The number of hydrogen-bond acceptors (Lipinski definition) is 3. The molecule has 1 aliphatic rings. The van der Waals surface area contributed by atoms with Crippen LogP contribution in [-0.4, -0.2) is 37.4 Å². The number of likely N-dealkylation sites (N-methyl/N-ethyl adjacent to an activating group) is 1. The van der Waals surface area contributed by atoms with Gasteiger partial charge in [-0.1, -0.05) is 0 Å². The van der Waals surface area contributed by atoms with Gasteiger partial charge in [-0.05, 0) is 31.0 Å². The van der Waals surface area contributed by atoms with Crippen LogP contribution in [0.1, 0.15) is 10.4 Å². The zero-order valence-electron chi connectivity index (χ0n) is 9.07. The number of aryl methyl sites for hydroxylation is 1. The Morgan fingerprint density at radius 2 is 2.40 bits per heavy atom. The Morgan fingerprint density at radius 3 is 2.93 bits per heavy atom. The number of hydrogen-bond donors (Lipinski definition) is 0. The Hall–Kier alpha value is -0.450. The minimum atomic E-state index is -0.838. The van der Waals surface area contributed by atoms with E-state index in [1.807, 2.05) is 7.05 Å². The third-order valence-electron chi connectivity index (χ3n) is 2.91. The highest BCUT2D eigenvalue weighted by Gasteiger charge is 2.31. The van der Waals surface area contributed by atoms with Gasteiger partial charge in [-0.3, -0.25) is 4.90 Å². The number of thiophene rings is 1. The van der Waals surface area contributed by atoms with E-state index in [9.17, 15) is 4.39 Å². The second kappa shape index (κ2) is 4.60. The highest BCUT2D eigenvalue weighted by atomic mass is 32.1. The molecule has 1 aliphatic heterocycles. The average Bonchev–Trinajstić information content (AvgIpc) is 2.76. The van der Waals surface area contributed by atoms with Gasteiger partial charge < -0.3 is 4.74 Å². The summed E-state index contributed by atoms with van der Waals surface area (Å²) in [5.74, 6) is 0. The summed E-state index contributed by atoms with van der Waals surface area (Å²) in [6.45, 7) is 3.68. The van der Waals surface area contributed by atoms with Gasteiger partial charge in [0.1, 0.15) is 6.17 Å². The molecule has 2 nitrogen and oxygen atoms in total. The quantitative estimate of drug-likeness (QED) is 0.788. The Bertz CT molecular complexity index is 328. The molecule has 2 rings (SSSR count). The van der Waals surface area contributed by atoms with E-state index in [1.54, 1.807) is 11.3 Å². The Balaban J connectivity index is 1.97. The molecule has 0 N–H and O–H groups in total. The molecule has 2 atom stereocenters. The molecule has 0 radical (unpaired) electrons. The van der Waals surface area contributed by atoms with Crippen molar-refractivity contribution in [2.75, 3.05) is 20.3 Å². The van der Waals surface area contributed by atoms with Crippen molar-refractivity contribution in [1.82, 2.24) is 4.90 Å². The van der Waals surface area contributed by atoms with Crippen molar-refractivity contribution in [2.45, 2.75) is 25.7 Å². The molecular formula is C11H16FNOS. The highest BCUT2D eigenvalue weighted by Crippen LogP contribution is 2.21. The topological polar surface area (TPSA) is 12.5 Å². The van der Waals surface area contributed by atoms with E-state index in [0.717, 1.165) is 6.54 Å². The van der Waals surface area contributed by atoms with Crippen LogP contribution >= 0.6 is 11.3 Å². The standard InChI is InChI=1S/C11H16FNOS/c1-8-3-4-15-11(8)5-13(2)10-7-14-6-9(10)12/h3-4,9-10H,5-7H2,1-2H3/t9-,10-/m1/s1. The number of halogens is 1. The second-order valence-corrected chi connectivity index (χ2v) is 5.06. The maximum atomic E-state index is 13.4. The van der Waals surface area contributed by atoms with E-state index in [4.69, 9.17) is 4.74 Å². The summed E-state index contributed by atoms with van der Waals surface area (Å²) in [6.07, 6.45) is -0.838. The summed E-state index contributed by atoms with van der Waals surface area (Å²) in [4.78, 5) is 3.37. The van der Waals surface area contributed by atoms with Gasteiger partial charge in [0.2, 0.25) is 0 Å². The van der Waals surface area contributed by atoms with Crippen LogP contribution in [0.5, 0.6) is 0 Å². The van der Waals surface area contributed by atoms with Gasteiger partial charge >= 0.3 is 0 Å². The van der Waals surface area contributed by atoms with Crippen molar-refractivity contribution in [3.05, 3.63) is 21.9 Å². The van der Waals surface area contributed by atoms with Crippen molar-refractivity contribution in [1.29, 1.82) is 0 Å². The van der Waals surface area contributed by atoms with Crippen molar-refractivity contribution < 1.29 is 9.13 Å². The first-order valence-electron chi connectivity index (χ1n) is 5.13. The molecule has 0 saturated carbocycles. The van der Waals surface area contributed by atoms with Crippen molar-refractivity contribution in [3.63, 3.8) is 0 Å². The first-order chi connectivity index (χ1) is 7.18. The normalized spacial score (nSPS) is 26.4. The second-order valence-electron chi connectivity index (χ2n) is 4.06. The Morgan fingerprint density at radius 1 is 1.60 bits per heavy atom. The summed E-state index contributed by atoms with van der Waals surface area (Å²) in [5.41, 5.74) is 1.29. The van der Waals surface area contributed by atoms with Crippen LogP contribution in [0.25, 0.3) is 0 Å². The average molecular weight is 229 g/mol. The maximum Gasteiger partial charge on any atom is 0.141 e. The van der Waals surface area contributed by atoms with Crippen molar-refractivity contribution in [2.24, 2.45) is 0 Å². The summed E-state index contributed by atoms with van der Waals surface area (Å²) in [7, 11) is 1.96. The van der Waals surface area contributed by atoms with Crippen LogP contribution in [0.4, 0.5) is 4.39 Å². The molecule has 15 heavy (non-hydrogen) atoms. The smallest absolute Gasteiger partial charge is 0.141 e. The summed E-state index contributed by atoms with van der Waals surface area (Å²) in [6, 6.07) is 2.03. The first-order valence-corrected chi connectivity index (χ1v) is 6.01. The van der Waals surface area contributed by atoms with Gasteiger partial charge in [0.05, 0.1) is 19.3 Å². The van der Waals surface area contributed by atoms with Crippen LogP contribution in [0.2, 0.25) is 0 Å². The Labute approximate surface area is 93.7 Å². The molecule has 0 aliphatic carbocycles. The van der Waals surface area contributed by atoms with Gasteiger partial charge in [0.15, 0.2) is 0 Å². The van der Waals surface area contributed by atoms with Crippen molar-refractivity contribution in [3.8, 4) is 0 Å². The van der Waals surface area contributed by atoms with Gasteiger partial charge in [-0.2, -0.15) is 0 Å². The van der Waals surface area contributed by atoms with E-state index in [2.05, 4.69) is 23.3 Å². The monoisotopic (exact) mass is 229 g/mol. The minimum absolute atomic E-state index is 0.0773. The molecule has 84 valence electrons. The SMILES string of the molecule is Cc1ccsc1CN(C)[C@@H]1COC[C@H]1F. The van der Waals surface area contributed by atoms with Crippen LogP contribution in [0.15, 0.2) is 11.4 Å². The predicted octanol–water partition coefficient (Wildman–Crippen LogP) is 2.23. The molecule has 0 unspecified atom stereocenters. The van der Waals surface area contributed by atoms with E-state index in [1.165, 1.54) is 10.4 Å². The molecule has 1 saturated heterocycles. The fourth-order valence-electron chi connectivity index (χ4n) is 1.83. The lowest BCUT2D eigenvalue weighted by Gasteiger charge is -2.24. The molecule has 1 aromatic rings. The lowest BCUT2D eigenvalue weighted by Crippen LogP contribution is -2.37. The van der Waals surface area contributed by atoms with Gasteiger partial charge in [0.25, 0.3) is 0 Å². The zero-order chi connectivity index (χ0) is 10.8. The molecule has 0 aromatic carbocycles. The number of nitrogens with zero attached hydrogens (tertiary/aromatic N) is 1. The number of ether oxygens (including phenoxy) is 1. The van der Waals surface area contributed by atoms with Crippen LogP contribution in [0, 0.1) is 6.92 Å². The van der Waals surface area contributed by atoms with Crippen LogP contribution < -0.4 is 0 Å². The molecule has 0 spiro atoms. The lowest BCUT2D eigenvalue weighted by molar-refractivity contribution is 0.154. The van der Waals surface area contributed by atoms with E-state index < -0.39 is 6.17 Å². The largest absolute Gasteiger partial charge is 0.377 e. The van der Waals surface area contributed by atoms with Gasteiger partial charge in [-0.15, -0.1) is 11.3 Å². The Kier molecular flexibility index (Phi) is 3.38. The lowest BCUT2D eigenvalue weighted by atomic mass is 10.2. The predicted molar refractivity (Wildman–Crippen MR) is 60.0 cm³/mol. The molecule has 1 aromatic heterocycles. The third-order valence-corrected chi connectivity index (χ3v) is 3.92. The van der Waals surface area contributed by atoms with Crippen LogP contribution in [0.3, 0.4) is 0 Å². The maximum absolute atomic E-state index is 13.4. The fraction of sp³-hybridized carbons (Fsp3) is 0.636. The third kappa shape index (κ3) is 2.38. The first kappa shape index (κ1) is 11.0. The fourth-order valence-corrected chi connectivity index (χ4v) is 2.80. The minimum Gasteiger partial charge on any atom is -0.377 e. The molecular weight excluding hydrogens is 213 g/mol. The highest BCUT2D eigenvalue weighted by molar-refractivity contribution is 7.10. The van der Waals surface area contributed by atoms with Crippen LogP contribution in [-0.2, 0) is 11.3 Å². The number of rotatable bonds is 3. The zero-order valence-corrected chi connectivity index (χ0v) is 9.89. The number of alkyl halides is 1. The summed E-state index contributed by atoms with van der Waals surface area (Å²) >= 11 is 1.73. The van der Waals surface area contributed by atoms with E-state index in [0.29, 0.717) is 6.61 Å². The summed E-state index contributed by atoms with van der Waals surface area (Å²) < 4.78 is 18.5. The molecule has 1 fully saturated rings. The van der Waals surface area contributed by atoms with Gasteiger partial charge in [0, 0.05) is 11.4 Å². The summed E-state index contributed by atoms with van der Waals surface area (Å²) in [5, 5.41) is 2.08. The molecule has 2 heterocycles.